The van der Waals surface area contributed by atoms with E-state index in [-0.39, 0.29) is 5.91 Å². The molecule has 1 amide bonds. The highest BCUT2D eigenvalue weighted by atomic mass is 32.1. The van der Waals surface area contributed by atoms with Crippen LogP contribution in [0.15, 0.2) is 29.9 Å². The molecule has 3 heterocycles. The second-order valence-corrected chi connectivity index (χ2v) is 6.26. The zero-order chi connectivity index (χ0) is 14.7. The van der Waals surface area contributed by atoms with Crippen LogP contribution in [0.2, 0.25) is 0 Å². The maximum atomic E-state index is 12.3. The molecule has 0 bridgehead atoms. The SMILES string of the molecule is Cn1ccnc1CCN1CCN(C(=O)c2cccs2)CC1. The fourth-order valence-corrected chi connectivity index (χ4v) is 3.32. The summed E-state index contributed by atoms with van der Waals surface area (Å²) >= 11 is 1.52. The Kier molecular flexibility index (Phi) is 4.36. The van der Waals surface area contributed by atoms with Gasteiger partial charge in [0.05, 0.1) is 4.88 Å². The molecule has 1 saturated heterocycles. The number of aromatic nitrogens is 2. The Bertz CT molecular complexity index is 585. The molecule has 5 nitrogen and oxygen atoms in total. The van der Waals surface area contributed by atoms with Crippen LogP contribution in [0.1, 0.15) is 15.5 Å². The van der Waals surface area contributed by atoms with Gasteiger partial charge in [0.25, 0.3) is 5.91 Å². The maximum absolute atomic E-state index is 12.3. The van der Waals surface area contributed by atoms with Gasteiger partial charge in [-0.05, 0) is 11.4 Å². The minimum Gasteiger partial charge on any atom is -0.338 e. The van der Waals surface area contributed by atoms with E-state index in [9.17, 15) is 4.79 Å². The van der Waals surface area contributed by atoms with Crippen molar-refractivity contribution in [1.29, 1.82) is 0 Å². The van der Waals surface area contributed by atoms with Crippen LogP contribution in [-0.4, -0.2) is 58.0 Å². The Morgan fingerprint density at radius 2 is 2.14 bits per heavy atom. The number of aryl methyl sites for hydroxylation is 1. The summed E-state index contributed by atoms with van der Waals surface area (Å²) in [6.45, 7) is 4.53. The van der Waals surface area contributed by atoms with Gasteiger partial charge in [0, 0.05) is 58.6 Å². The van der Waals surface area contributed by atoms with E-state index in [4.69, 9.17) is 0 Å². The number of nitrogens with zero attached hydrogens (tertiary/aromatic N) is 4. The lowest BCUT2D eigenvalue weighted by Gasteiger charge is -2.34. The number of hydrogen-bond donors (Lipinski definition) is 0. The molecular weight excluding hydrogens is 284 g/mol. The first-order chi connectivity index (χ1) is 10.2. The molecule has 1 fully saturated rings. The predicted molar refractivity (Wildman–Crippen MR) is 83.6 cm³/mol. The average molecular weight is 304 g/mol. The van der Waals surface area contributed by atoms with Crippen molar-refractivity contribution in [2.24, 2.45) is 7.05 Å². The third-order valence-corrected chi connectivity index (χ3v) is 4.82. The summed E-state index contributed by atoms with van der Waals surface area (Å²) in [6, 6.07) is 3.83. The fraction of sp³-hybridized carbons (Fsp3) is 0.467. The molecule has 0 aliphatic carbocycles. The van der Waals surface area contributed by atoms with Gasteiger partial charge in [0.2, 0.25) is 0 Å². The molecule has 0 unspecified atom stereocenters. The minimum absolute atomic E-state index is 0.175. The van der Waals surface area contributed by atoms with Gasteiger partial charge in [0.1, 0.15) is 5.82 Å². The average Bonchev–Trinajstić information content (AvgIpc) is 3.17. The number of thiophene rings is 1. The number of piperazine rings is 1. The van der Waals surface area contributed by atoms with Crippen LogP contribution in [-0.2, 0) is 13.5 Å². The summed E-state index contributed by atoms with van der Waals surface area (Å²) in [6.07, 6.45) is 4.78. The molecule has 0 aromatic carbocycles. The van der Waals surface area contributed by atoms with Crippen molar-refractivity contribution in [3.63, 3.8) is 0 Å². The maximum Gasteiger partial charge on any atom is 0.264 e. The Balaban J connectivity index is 1.47. The van der Waals surface area contributed by atoms with Crippen LogP contribution in [0.4, 0.5) is 0 Å². The lowest BCUT2D eigenvalue weighted by Crippen LogP contribution is -2.49. The van der Waals surface area contributed by atoms with Gasteiger partial charge in [-0.25, -0.2) is 4.98 Å². The Hall–Kier alpha value is -1.66. The van der Waals surface area contributed by atoms with E-state index in [1.54, 1.807) is 0 Å². The number of rotatable bonds is 4. The molecule has 21 heavy (non-hydrogen) atoms. The van der Waals surface area contributed by atoms with Crippen molar-refractivity contribution < 1.29 is 4.79 Å². The largest absolute Gasteiger partial charge is 0.338 e. The highest BCUT2D eigenvalue weighted by Crippen LogP contribution is 2.14. The van der Waals surface area contributed by atoms with Crippen molar-refractivity contribution in [2.45, 2.75) is 6.42 Å². The summed E-state index contributed by atoms with van der Waals surface area (Å²) in [4.78, 5) is 21.8. The molecule has 1 aliphatic rings. The molecule has 112 valence electrons. The highest BCUT2D eigenvalue weighted by molar-refractivity contribution is 7.12. The number of hydrogen-bond acceptors (Lipinski definition) is 4. The Labute approximate surface area is 128 Å². The number of carbonyl (C=O) groups is 1. The van der Waals surface area contributed by atoms with Crippen LogP contribution in [0.3, 0.4) is 0 Å². The normalized spacial score (nSPS) is 16.3. The molecule has 2 aromatic heterocycles. The fourth-order valence-electron chi connectivity index (χ4n) is 2.63. The Morgan fingerprint density at radius 3 is 2.76 bits per heavy atom. The van der Waals surface area contributed by atoms with Crippen molar-refractivity contribution in [1.82, 2.24) is 19.4 Å². The molecule has 3 rings (SSSR count). The molecule has 2 aromatic rings. The lowest BCUT2D eigenvalue weighted by atomic mass is 10.2. The van der Waals surface area contributed by atoms with Crippen LogP contribution in [0, 0.1) is 0 Å². The third kappa shape index (κ3) is 3.33. The van der Waals surface area contributed by atoms with Gasteiger partial charge in [-0.15, -0.1) is 11.3 Å². The van der Waals surface area contributed by atoms with E-state index in [0.717, 1.165) is 49.8 Å². The quantitative estimate of drug-likeness (QED) is 0.859. The van der Waals surface area contributed by atoms with Gasteiger partial charge in [-0.3, -0.25) is 9.69 Å². The molecule has 0 saturated carbocycles. The topological polar surface area (TPSA) is 41.4 Å². The van der Waals surface area contributed by atoms with Crippen molar-refractivity contribution in [3.8, 4) is 0 Å². The van der Waals surface area contributed by atoms with E-state index < -0.39 is 0 Å². The van der Waals surface area contributed by atoms with Crippen LogP contribution in [0.5, 0.6) is 0 Å². The molecule has 0 atom stereocenters. The summed E-state index contributed by atoms with van der Waals surface area (Å²) in [5.74, 6) is 1.29. The zero-order valence-corrected chi connectivity index (χ0v) is 13.1. The molecule has 1 aliphatic heterocycles. The van der Waals surface area contributed by atoms with E-state index in [0.29, 0.717) is 0 Å². The van der Waals surface area contributed by atoms with Gasteiger partial charge in [-0.1, -0.05) is 6.07 Å². The van der Waals surface area contributed by atoms with Gasteiger partial charge < -0.3 is 9.47 Å². The summed E-state index contributed by atoms with van der Waals surface area (Å²) in [5, 5.41) is 1.95. The monoisotopic (exact) mass is 304 g/mol. The second-order valence-electron chi connectivity index (χ2n) is 5.32. The first-order valence-corrected chi connectivity index (χ1v) is 8.13. The summed E-state index contributed by atoms with van der Waals surface area (Å²) in [5.41, 5.74) is 0. The molecule has 0 N–H and O–H groups in total. The first kappa shape index (κ1) is 14.3. The van der Waals surface area contributed by atoms with E-state index in [1.165, 1.54) is 11.3 Å². The van der Waals surface area contributed by atoms with E-state index in [2.05, 4.69) is 14.5 Å². The second kappa shape index (κ2) is 6.41. The molecular formula is C15H20N4OS. The highest BCUT2D eigenvalue weighted by Gasteiger charge is 2.22. The standard InChI is InChI=1S/C15H20N4OS/c1-17-7-5-16-14(17)4-6-18-8-10-19(11-9-18)15(20)13-3-2-12-21-13/h2-3,5,7,12H,4,6,8-11H2,1H3. The van der Waals surface area contributed by atoms with Gasteiger partial charge in [0.15, 0.2) is 0 Å². The van der Waals surface area contributed by atoms with Crippen LogP contribution < -0.4 is 0 Å². The summed E-state index contributed by atoms with van der Waals surface area (Å²) in [7, 11) is 2.03. The number of imidazole rings is 1. The lowest BCUT2D eigenvalue weighted by molar-refractivity contribution is 0.0642. The minimum atomic E-state index is 0.175. The van der Waals surface area contributed by atoms with Crippen LogP contribution in [0.25, 0.3) is 0 Å². The van der Waals surface area contributed by atoms with E-state index in [1.807, 2.05) is 41.9 Å². The molecule has 0 radical (unpaired) electrons. The smallest absolute Gasteiger partial charge is 0.264 e. The van der Waals surface area contributed by atoms with Crippen molar-refractivity contribution in [2.75, 3.05) is 32.7 Å². The van der Waals surface area contributed by atoms with Crippen molar-refractivity contribution >= 4 is 17.2 Å². The van der Waals surface area contributed by atoms with Gasteiger partial charge in [-0.2, -0.15) is 0 Å². The number of carbonyl (C=O) groups excluding carboxylic acids is 1. The zero-order valence-electron chi connectivity index (χ0n) is 12.2. The number of amides is 1. The summed E-state index contributed by atoms with van der Waals surface area (Å²) < 4.78 is 2.07. The van der Waals surface area contributed by atoms with E-state index >= 15 is 0 Å². The Morgan fingerprint density at radius 1 is 1.33 bits per heavy atom. The van der Waals surface area contributed by atoms with Crippen LogP contribution >= 0.6 is 11.3 Å². The predicted octanol–water partition coefficient (Wildman–Crippen LogP) is 1.48. The molecule has 0 spiro atoms. The van der Waals surface area contributed by atoms with Gasteiger partial charge >= 0.3 is 0 Å². The first-order valence-electron chi connectivity index (χ1n) is 7.25. The van der Waals surface area contributed by atoms with Crippen molar-refractivity contribution in [3.05, 3.63) is 40.6 Å². The third-order valence-electron chi connectivity index (χ3n) is 3.96. The molecule has 6 heteroatoms.